The first-order valence-corrected chi connectivity index (χ1v) is 6.80. The van der Waals surface area contributed by atoms with E-state index in [0.29, 0.717) is 16.3 Å². The summed E-state index contributed by atoms with van der Waals surface area (Å²) in [6.45, 7) is 5.70. The molecule has 0 saturated carbocycles. The quantitative estimate of drug-likeness (QED) is 0.803. The van der Waals surface area contributed by atoms with E-state index < -0.39 is 0 Å². The topological polar surface area (TPSA) is 64.7 Å². The molecule has 2 aromatic rings. The van der Waals surface area contributed by atoms with Crippen LogP contribution in [0.25, 0.3) is 0 Å². The van der Waals surface area contributed by atoms with E-state index in [1.165, 1.54) is 11.8 Å². The molecule has 0 spiro atoms. The molecular weight excluding hydrogens is 272 g/mol. The molecule has 0 saturated heterocycles. The Morgan fingerprint density at radius 2 is 2.00 bits per heavy atom. The Morgan fingerprint density at radius 3 is 2.61 bits per heavy atom. The van der Waals surface area contributed by atoms with E-state index in [0.717, 1.165) is 29.3 Å². The Kier molecular flexibility index (Phi) is 4.19. The van der Waals surface area contributed by atoms with Crippen molar-refractivity contribution in [2.75, 3.05) is 0 Å². The Morgan fingerprint density at radius 1 is 1.22 bits per heavy atom. The van der Waals surface area contributed by atoms with Crippen LogP contribution in [0.5, 0.6) is 0 Å². The zero-order valence-electron chi connectivity index (χ0n) is 10.4. The van der Waals surface area contributed by atoms with Crippen LogP contribution in [0.1, 0.15) is 30.6 Å². The summed E-state index contributed by atoms with van der Waals surface area (Å²) in [7, 11) is 0. The standard InChI is InChI=1S/C11H13ClN4OS/c1-4-5-8-13-9(12)6(2)10(14-8)18-11-16-15-7(3)17-11/h4-5H2,1-3H3. The van der Waals surface area contributed by atoms with Gasteiger partial charge in [0.15, 0.2) is 0 Å². The molecule has 0 amide bonds. The molecule has 96 valence electrons. The monoisotopic (exact) mass is 284 g/mol. The molecule has 0 N–H and O–H groups in total. The van der Waals surface area contributed by atoms with E-state index in [2.05, 4.69) is 27.1 Å². The van der Waals surface area contributed by atoms with Crippen molar-refractivity contribution in [3.63, 3.8) is 0 Å². The van der Waals surface area contributed by atoms with E-state index in [1.54, 1.807) is 6.92 Å². The number of hydrogen-bond donors (Lipinski definition) is 0. The Balaban J connectivity index is 2.31. The van der Waals surface area contributed by atoms with E-state index in [1.807, 2.05) is 6.92 Å². The third kappa shape index (κ3) is 3.00. The molecule has 18 heavy (non-hydrogen) atoms. The minimum absolute atomic E-state index is 0.466. The van der Waals surface area contributed by atoms with Gasteiger partial charge < -0.3 is 4.42 Å². The molecule has 0 atom stereocenters. The Bertz CT molecular complexity index is 558. The first-order chi connectivity index (χ1) is 8.60. The van der Waals surface area contributed by atoms with Crippen LogP contribution in [-0.2, 0) is 6.42 Å². The molecule has 0 bridgehead atoms. The van der Waals surface area contributed by atoms with Crippen LogP contribution in [0.3, 0.4) is 0 Å². The van der Waals surface area contributed by atoms with E-state index in [-0.39, 0.29) is 0 Å². The van der Waals surface area contributed by atoms with Crippen LogP contribution in [-0.4, -0.2) is 20.2 Å². The fourth-order valence-corrected chi connectivity index (χ4v) is 2.40. The highest BCUT2D eigenvalue weighted by atomic mass is 35.5. The lowest BCUT2D eigenvalue weighted by Crippen LogP contribution is -1.99. The SMILES string of the molecule is CCCc1nc(Cl)c(C)c(Sc2nnc(C)o2)n1. The van der Waals surface area contributed by atoms with E-state index >= 15 is 0 Å². The molecule has 0 aliphatic rings. The second kappa shape index (κ2) is 5.67. The van der Waals surface area contributed by atoms with Gasteiger partial charge in [0.05, 0.1) is 0 Å². The van der Waals surface area contributed by atoms with Gasteiger partial charge in [0.2, 0.25) is 5.89 Å². The lowest BCUT2D eigenvalue weighted by Gasteiger charge is -2.06. The Labute approximate surface area is 114 Å². The summed E-state index contributed by atoms with van der Waals surface area (Å²) in [6.07, 6.45) is 1.78. The average molecular weight is 285 g/mol. The van der Waals surface area contributed by atoms with Crippen LogP contribution < -0.4 is 0 Å². The van der Waals surface area contributed by atoms with Gasteiger partial charge in [0.25, 0.3) is 5.22 Å². The second-order valence-electron chi connectivity index (χ2n) is 3.80. The summed E-state index contributed by atoms with van der Waals surface area (Å²) in [5.41, 5.74) is 0.831. The van der Waals surface area contributed by atoms with Gasteiger partial charge in [-0.3, -0.25) is 0 Å². The van der Waals surface area contributed by atoms with Crippen LogP contribution in [0.15, 0.2) is 14.7 Å². The number of rotatable bonds is 4. The fraction of sp³-hybridized carbons (Fsp3) is 0.455. The molecule has 0 aliphatic carbocycles. The van der Waals surface area contributed by atoms with Gasteiger partial charge in [-0.15, -0.1) is 10.2 Å². The van der Waals surface area contributed by atoms with Crippen molar-refractivity contribution in [3.05, 3.63) is 22.4 Å². The van der Waals surface area contributed by atoms with Gasteiger partial charge in [-0.1, -0.05) is 18.5 Å². The van der Waals surface area contributed by atoms with E-state index in [4.69, 9.17) is 16.0 Å². The van der Waals surface area contributed by atoms with E-state index in [9.17, 15) is 0 Å². The minimum Gasteiger partial charge on any atom is -0.416 e. The highest BCUT2D eigenvalue weighted by Crippen LogP contribution is 2.30. The largest absolute Gasteiger partial charge is 0.416 e. The number of hydrogen-bond acceptors (Lipinski definition) is 6. The minimum atomic E-state index is 0.466. The lowest BCUT2D eigenvalue weighted by molar-refractivity contribution is 0.429. The van der Waals surface area contributed by atoms with Gasteiger partial charge in [-0.2, -0.15) is 0 Å². The first-order valence-electron chi connectivity index (χ1n) is 5.61. The molecule has 2 heterocycles. The molecule has 2 aromatic heterocycles. The van der Waals surface area contributed by atoms with Gasteiger partial charge in [-0.25, -0.2) is 9.97 Å². The molecule has 2 rings (SSSR count). The smallest absolute Gasteiger partial charge is 0.282 e. The molecule has 7 heteroatoms. The number of nitrogens with zero attached hydrogens (tertiary/aromatic N) is 4. The van der Waals surface area contributed by atoms with Crippen molar-refractivity contribution in [1.82, 2.24) is 20.2 Å². The first kappa shape index (κ1) is 13.3. The maximum absolute atomic E-state index is 6.10. The zero-order chi connectivity index (χ0) is 13.1. The maximum atomic E-state index is 6.10. The summed E-state index contributed by atoms with van der Waals surface area (Å²) < 4.78 is 5.32. The van der Waals surface area contributed by atoms with Crippen molar-refractivity contribution < 1.29 is 4.42 Å². The number of aryl methyl sites for hydroxylation is 2. The molecule has 0 unspecified atom stereocenters. The average Bonchev–Trinajstić information content (AvgIpc) is 2.71. The second-order valence-corrected chi connectivity index (χ2v) is 5.10. The molecule has 0 fully saturated rings. The zero-order valence-corrected chi connectivity index (χ0v) is 12.0. The normalized spacial score (nSPS) is 10.9. The lowest BCUT2D eigenvalue weighted by atomic mass is 10.3. The maximum Gasteiger partial charge on any atom is 0.282 e. The summed E-state index contributed by atoms with van der Waals surface area (Å²) in [6, 6.07) is 0. The molecule has 0 aliphatic heterocycles. The third-order valence-electron chi connectivity index (χ3n) is 2.25. The predicted molar refractivity (Wildman–Crippen MR) is 68.9 cm³/mol. The highest BCUT2D eigenvalue weighted by molar-refractivity contribution is 7.99. The van der Waals surface area contributed by atoms with Crippen LogP contribution in [0.4, 0.5) is 0 Å². The summed E-state index contributed by atoms with van der Waals surface area (Å²) in [5.74, 6) is 1.27. The summed E-state index contributed by atoms with van der Waals surface area (Å²) >= 11 is 7.41. The predicted octanol–water partition coefficient (Wildman–Crippen LogP) is 3.23. The number of aromatic nitrogens is 4. The fourth-order valence-electron chi connectivity index (χ4n) is 1.35. The van der Waals surface area contributed by atoms with Crippen molar-refractivity contribution in [2.45, 2.75) is 43.9 Å². The van der Waals surface area contributed by atoms with Gasteiger partial charge in [0.1, 0.15) is 16.0 Å². The van der Waals surface area contributed by atoms with Crippen molar-refractivity contribution in [3.8, 4) is 0 Å². The summed E-state index contributed by atoms with van der Waals surface area (Å²) in [4.78, 5) is 8.71. The van der Waals surface area contributed by atoms with Crippen molar-refractivity contribution >= 4 is 23.4 Å². The van der Waals surface area contributed by atoms with Crippen molar-refractivity contribution in [1.29, 1.82) is 0 Å². The number of halogens is 1. The third-order valence-corrected chi connectivity index (χ3v) is 3.55. The van der Waals surface area contributed by atoms with Gasteiger partial charge in [-0.05, 0) is 25.1 Å². The highest BCUT2D eigenvalue weighted by Gasteiger charge is 2.13. The van der Waals surface area contributed by atoms with Crippen LogP contribution >= 0.6 is 23.4 Å². The van der Waals surface area contributed by atoms with Gasteiger partial charge >= 0.3 is 0 Å². The van der Waals surface area contributed by atoms with Crippen molar-refractivity contribution in [2.24, 2.45) is 0 Å². The molecule has 5 nitrogen and oxygen atoms in total. The van der Waals surface area contributed by atoms with Gasteiger partial charge in [0, 0.05) is 18.9 Å². The molecule has 0 radical (unpaired) electrons. The molecular formula is C11H13ClN4OS. The van der Waals surface area contributed by atoms with Crippen LogP contribution in [0, 0.1) is 13.8 Å². The summed E-state index contributed by atoms with van der Waals surface area (Å²) in [5, 5.41) is 9.42. The Hall–Kier alpha value is -1.14. The van der Waals surface area contributed by atoms with Crippen LogP contribution in [0.2, 0.25) is 5.15 Å². The molecule has 0 aromatic carbocycles.